The second kappa shape index (κ2) is 9.72. The largest absolute Gasteiger partial charge is 0.469 e. The first kappa shape index (κ1) is 21.4. The molecule has 0 aliphatic rings. The van der Waals surface area contributed by atoms with Gasteiger partial charge in [-0.15, -0.1) is 0 Å². The van der Waals surface area contributed by atoms with Crippen LogP contribution in [-0.4, -0.2) is 42.8 Å². The quantitative estimate of drug-likeness (QED) is 0.428. The number of aliphatic hydroxyl groups is 1. The molecule has 7 heteroatoms. The van der Waals surface area contributed by atoms with Crippen LogP contribution in [-0.2, 0) is 28.6 Å². The molecule has 0 aliphatic heterocycles. The molecule has 0 aromatic heterocycles. The van der Waals surface area contributed by atoms with Gasteiger partial charge >= 0.3 is 17.9 Å². The second-order valence-electron chi connectivity index (χ2n) is 5.99. The van der Waals surface area contributed by atoms with E-state index in [1.165, 1.54) is 0 Å². The summed E-state index contributed by atoms with van der Waals surface area (Å²) in [5, 5.41) is 10.7. The molecule has 0 amide bonds. The van der Waals surface area contributed by atoms with Crippen LogP contribution in [0.4, 0.5) is 0 Å². The van der Waals surface area contributed by atoms with E-state index in [-0.39, 0.29) is 6.42 Å². The first-order chi connectivity index (χ1) is 12.2. The molecule has 0 heterocycles. The highest BCUT2D eigenvalue weighted by Gasteiger charge is 2.42. The maximum absolute atomic E-state index is 12.6. The van der Waals surface area contributed by atoms with Gasteiger partial charge in [0, 0.05) is 12.0 Å². The number of benzene rings is 1. The van der Waals surface area contributed by atoms with Crippen molar-refractivity contribution in [3.8, 4) is 0 Å². The van der Waals surface area contributed by atoms with Crippen molar-refractivity contribution in [1.82, 2.24) is 0 Å². The van der Waals surface area contributed by atoms with Gasteiger partial charge in [-0.3, -0.25) is 4.79 Å². The van der Waals surface area contributed by atoms with E-state index >= 15 is 0 Å². The Labute approximate surface area is 152 Å². The van der Waals surface area contributed by atoms with E-state index in [4.69, 9.17) is 4.74 Å². The summed E-state index contributed by atoms with van der Waals surface area (Å²) in [6, 6.07) is 8.25. The van der Waals surface area contributed by atoms with Crippen LogP contribution in [0.25, 0.3) is 0 Å². The molecule has 1 aromatic rings. The zero-order valence-corrected chi connectivity index (χ0v) is 15.4. The highest BCUT2D eigenvalue weighted by atomic mass is 16.6. The van der Waals surface area contributed by atoms with Crippen molar-refractivity contribution in [2.45, 2.75) is 38.4 Å². The minimum Gasteiger partial charge on any atom is -0.469 e. The monoisotopic (exact) mass is 364 g/mol. The summed E-state index contributed by atoms with van der Waals surface area (Å²) in [4.78, 5) is 36.3. The molecule has 1 aromatic carbocycles. The smallest absolute Gasteiger partial charge is 0.351 e. The van der Waals surface area contributed by atoms with Crippen molar-refractivity contribution in [3.05, 3.63) is 47.5 Å². The van der Waals surface area contributed by atoms with Gasteiger partial charge in [0.05, 0.1) is 20.6 Å². The lowest BCUT2D eigenvalue weighted by atomic mass is 9.94. The van der Waals surface area contributed by atoms with Gasteiger partial charge in [-0.2, -0.15) is 0 Å². The molecule has 0 radical (unpaired) electrons. The lowest BCUT2D eigenvalue weighted by Gasteiger charge is -2.26. The van der Waals surface area contributed by atoms with Crippen LogP contribution in [0.3, 0.4) is 0 Å². The Morgan fingerprint density at radius 1 is 1.12 bits per heavy atom. The third-order valence-electron chi connectivity index (χ3n) is 3.63. The van der Waals surface area contributed by atoms with Gasteiger partial charge in [0.1, 0.15) is 0 Å². The minimum absolute atomic E-state index is 0.161. The summed E-state index contributed by atoms with van der Waals surface area (Å²) in [5.41, 5.74) is -0.935. The number of carbonyl (C=O) groups excluding carboxylic acids is 3. The van der Waals surface area contributed by atoms with Crippen LogP contribution in [0, 0.1) is 0 Å². The highest BCUT2D eigenvalue weighted by molar-refractivity contribution is 5.88. The van der Waals surface area contributed by atoms with Gasteiger partial charge in [0.2, 0.25) is 6.10 Å². The van der Waals surface area contributed by atoms with E-state index in [2.05, 4.69) is 9.47 Å². The fourth-order valence-electron chi connectivity index (χ4n) is 2.12. The summed E-state index contributed by atoms with van der Waals surface area (Å²) in [6.07, 6.45) is -0.523. The maximum atomic E-state index is 12.6. The number of hydrogen-bond acceptors (Lipinski definition) is 7. The van der Waals surface area contributed by atoms with Gasteiger partial charge < -0.3 is 19.3 Å². The van der Waals surface area contributed by atoms with Crippen LogP contribution in [0.15, 0.2) is 42.0 Å². The van der Waals surface area contributed by atoms with Crippen molar-refractivity contribution >= 4 is 17.9 Å². The standard InChI is InChI=1S/C19H24O7/c1-13(2)10-11-19(23,12-15(20)24-3)18(22)26-16(17(21)25-4)14-8-6-5-7-9-14/h5-10,16,23H,11-12H2,1-4H3/t16-,19+/m0/s1. The Kier molecular flexibility index (Phi) is 7.99. The molecule has 0 saturated heterocycles. The lowest BCUT2D eigenvalue weighted by molar-refractivity contribution is -0.183. The number of hydrogen-bond donors (Lipinski definition) is 1. The number of carbonyl (C=O) groups is 3. The van der Waals surface area contributed by atoms with E-state index in [1.807, 2.05) is 0 Å². The Balaban J connectivity index is 3.12. The predicted octanol–water partition coefficient (Wildman–Crippen LogP) is 2.09. The van der Waals surface area contributed by atoms with Crippen molar-refractivity contribution in [1.29, 1.82) is 0 Å². The van der Waals surface area contributed by atoms with E-state index in [9.17, 15) is 19.5 Å². The average molecular weight is 364 g/mol. The molecule has 2 atom stereocenters. The fourth-order valence-corrected chi connectivity index (χ4v) is 2.12. The molecule has 0 fully saturated rings. The summed E-state index contributed by atoms with van der Waals surface area (Å²) >= 11 is 0. The third kappa shape index (κ3) is 6.00. The molecule has 1 N–H and O–H groups in total. The number of rotatable bonds is 8. The zero-order valence-electron chi connectivity index (χ0n) is 15.4. The van der Waals surface area contributed by atoms with Crippen molar-refractivity contribution in [3.63, 3.8) is 0 Å². The van der Waals surface area contributed by atoms with E-state index in [0.29, 0.717) is 5.56 Å². The Hall–Kier alpha value is -2.67. The number of esters is 3. The normalized spacial score (nSPS) is 13.7. The molecule has 1 rings (SSSR count). The van der Waals surface area contributed by atoms with Gasteiger partial charge in [-0.05, 0) is 13.8 Å². The van der Waals surface area contributed by atoms with Crippen LogP contribution >= 0.6 is 0 Å². The van der Waals surface area contributed by atoms with Gasteiger partial charge in [-0.1, -0.05) is 42.0 Å². The molecule has 0 spiro atoms. The Morgan fingerprint density at radius 2 is 1.73 bits per heavy atom. The van der Waals surface area contributed by atoms with Crippen LogP contribution in [0.2, 0.25) is 0 Å². The minimum atomic E-state index is -2.16. The van der Waals surface area contributed by atoms with Crippen molar-refractivity contribution < 1.29 is 33.7 Å². The molecular formula is C19H24O7. The van der Waals surface area contributed by atoms with E-state index in [1.54, 1.807) is 50.3 Å². The summed E-state index contributed by atoms with van der Waals surface area (Å²) < 4.78 is 14.5. The molecule has 26 heavy (non-hydrogen) atoms. The SMILES string of the molecule is COC(=O)C[C@](O)(CC=C(C)C)C(=O)O[C@H](C(=O)OC)c1ccccc1. The molecule has 0 unspecified atom stereocenters. The van der Waals surface area contributed by atoms with Crippen molar-refractivity contribution in [2.75, 3.05) is 14.2 Å². The number of allylic oxidation sites excluding steroid dienone is 1. The summed E-state index contributed by atoms with van der Waals surface area (Å²) in [7, 11) is 2.31. The lowest BCUT2D eigenvalue weighted by Crippen LogP contribution is -2.43. The van der Waals surface area contributed by atoms with Gasteiger partial charge in [0.15, 0.2) is 5.60 Å². The molecule has 0 bridgehead atoms. The topological polar surface area (TPSA) is 99.1 Å². The molecule has 7 nitrogen and oxygen atoms in total. The van der Waals surface area contributed by atoms with Crippen molar-refractivity contribution in [2.24, 2.45) is 0 Å². The van der Waals surface area contributed by atoms with Gasteiger partial charge in [-0.25, -0.2) is 9.59 Å². The molecule has 142 valence electrons. The second-order valence-corrected chi connectivity index (χ2v) is 5.99. The number of ether oxygens (including phenoxy) is 3. The van der Waals surface area contributed by atoms with Crippen LogP contribution < -0.4 is 0 Å². The Bertz CT molecular complexity index is 662. The predicted molar refractivity (Wildman–Crippen MR) is 92.9 cm³/mol. The molecular weight excluding hydrogens is 340 g/mol. The first-order valence-electron chi connectivity index (χ1n) is 8.00. The maximum Gasteiger partial charge on any atom is 0.351 e. The summed E-state index contributed by atoms with van der Waals surface area (Å²) in [6.45, 7) is 3.57. The van der Waals surface area contributed by atoms with E-state index in [0.717, 1.165) is 19.8 Å². The highest BCUT2D eigenvalue weighted by Crippen LogP contribution is 2.26. The molecule has 0 saturated carbocycles. The van der Waals surface area contributed by atoms with Crippen LogP contribution in [0.1, 0.15) is 38.4 Å². The number of methoxy groups -OCH3 is 2. The fraction of sp³-hybridized carbons (Fsp3) is 0.421. The van der Waals surface area contributed by atoms with Gasteiger partial charge in [0.25, 0.3) is 0 Å². The van der Waals surface area contributed by atoms with Crippen LogP contribution in [0.5, 0.6) is 0 Å². The Morgan fingerprint density at radius 3 is 2.23 bits per heavy atom. The zero-order chi connectivity index (χ0) is 19.7. The molecule has 0 aliphatic carbocycles. The first-order valence-corrected chi connectivity index (χ1v) is 8.00. The third-order valence-corrected chi connectivity index (χ3v) is 3.63. The average Bonchev–Trinajstić information content (AvgIpc) is 2.64. The summed E-state index contributed by atoms with van der Waals surface area (Å²) in [5.74, 6) is -2.69. The van der Waals surface area contributed by atoms with E-state index < -0.39 is 36.0 Å².